The average molecular weight is 181 g/mol. The highest BCUT2D eigenvalue weighted by Crippen LogP contribution is 1.99. The summed E-state index contributed by atoms with van der Waals surface area (Å²) in [7, 11) is 0. The Hall–Kier alpha value is -1.25. The van der Waals surface area contributed by atoms with Gasteiger partial charge in [-0.25, -0.2) is 4.99 Å². The summed E-state index contributed by atoms with van der Waals surface area (Å²) in [6, 6.07) is 3.40. The van der Waals surface area contributed by atoms with Crippen LogP contribution in [0.1, 0.15) is 0 Å². The third-order valence-corrected chi connectivity index (χ3v) is 1.51. The maximum absolute atomic E-state index is 9.08. The Kier molecular flexibility index (Phi) is 3.38. The van der Waals surface area contributed by atoms with Crippen LogP contribution in [0.5, 0.6) is 5.75 Å². The van der Waals surface area contributed by atoms with Crippen molar-refractivity contribution in [1.29, 1.82) is 0 Å². The number of isothiocyanates is 1. The molecule has 0 aliphatic carbocycles. The summed E-state index contributed by atoms with van der Waals surface area (Å²) < 4.78 is 1.84. The lowest BCUT2D eigenvalue weighted by Crippen LogP contribution is -2.33. The van der Waals surface area contributed by atoms with Crippen molar-refractivity contribution in [2.45, 2.75) is 6.54 Å². The summed E-state index contributed by atoms with van der Waals surface area (Å²) >= 11 is 4.42. The Bertz CT molecular complexity index is 308. The number of pyridine rings is 1. The van der Waals surface area contributed by atoms with E-state index in [0.717, 1.165) is 0 Å². The van der Waals surface area contributed by atoms with E-state index in [1.807, 2.05) is 10.8 Å². The molecule has 0 radical (unpaired) electrons. The number of hydrogen-bond acceptors (Lipinski definition) is 3. The first-order valence-electron chi connectivity index (χ1n) is 3.54. The van der Waals surface area contributed by atoms with Gasteiger partial charge in [-0.15, -0.1) is 0 Å². The Morgan fingerprint density at radius 3 is 3.17 bits per heavy atom. The third-order valence-electron chi connectivity index (χ3n) is 1.38. The van der Waals surface area contributed by atoms with Gasteiger partial charge in [0.25, 0.3) is 0 Å². The topological polar surface area (TPSA) is 36.5 Å². The number of nitrogens with zero attached hydrogens (tertiary/aromatic N) is 2. The van der Waals surface area contributed by atoms with Gasteiger partial charge in [0.05, 0.1) is 5.16 Å². The van der Waals surface area contributed by atoms with Crippen molar-refractivity contribution in [2.75, 3.05) is 6.54 Å². The molecule has 1 aromatic rings. The van der Waals surface area contributed by atoms with Crippen molar-refractivity contribution in [3.63, 3.8) is 0 Å². The number of thiocarbonyl (C=S) groups is 1. The zero-order valence-electron chi connectivity index (χ0n) is 6.47. The van der Waals surface area contributed by atoms with Gasteiger partial charge in [0.15, 0.2) is 18.5 Å². The molecule has 0 aliphatic heterocycles. The van der Waals surface area contributed by atoms with Crippen LogP contribution in [-0.2, 0) is 6.54 Å². The largest absolute Gasteiger partial charge is 0.503 e. The summed E-state index contributed by atoms with van der Waals surface area (Å²) in [6.45, 7) is 1.30. The van der Waals surface area contributed by atoms with E-state index < -0.39 is 0 Å². The van der Waals surface area contributed by atoms with Gasteiger partial charge in [-0.05, 0) is 18.3 Å². The van der Waals surface area contributed by atoms with Crippen molar-refractivity contribution in [1.82, 2.24) is 0 Å². The first kappa shape index (κ1) is 8.84. The van der Waals surface area contributed by atoms with E-state index >= 15 is 0 Å². The van der Waals surface area contributed by atoms with Crippen LogP contribution in [0.2, 0.25) is 0 Å². The summed E-state index contributed by atoms with van der Waals surface area (Å²) in [5.74, 6) is 0.254. The van der Waals surface area contributed by atoms with Gasteiger partial charge in [-0.3, -0.25) is 0 Å². The minimum absolute atomic E-state index is 0.254. The van der Waals surface area contributed by atoms with E-state index in [0.29, 0.717) is 13.1 Å². The highest BCUT2D eigenvalue weighted by atomic mass is 32.1. The Labute approximate surface area is 76.0 Å². The predicted octanol–water partition coefficient (Wildman–Crippen LogP) is 0.782. The first-order valence-corrected chi connectivity index (χ1v) is 3.95. The maximum Gasteiger partial charge on any atom is 0.211 e. The quantitative estimate of drug-likeness (QED) is 0.425. The molecule has 0 amide bonds. The summed E-state index contributed by atoms with van der Waals surface area (Å²) in [5.41, 5.74) is 0. The van der Waals surface area contributed by atoms with Crippen LogP contribution in [0.25, 0.3) is 0 Å². The van der Waals surface area contributed by atoms with Crippen LogP contribution in [0.3, 0.4) is 0 Å². The van der Waals surface area contributed by atoms with Crippen LogP contribution in [0.15, 0.2) is 29.5 Å². The number of aromatic hydroxyl groups is 1. The van der Waals surface area contributed by atoms with Gasteiger partial charge in [0.1, 0.15) is 6.54 Å². The molecule has 0 atom stereocenters. The van der Waals surface area contributed by atoms with Crippen molar-refractivity contribution in [2.24, 2.45) is 4.99 Å². The Balaban J connectivity index is 2.57. The lowest BCUT2D eigenvalue weighted by atomic mass is 10.4. The van der Waals surface area contributed by atoms with Gasteiger partial charge in [0, 0.05) is 6.07 Å². The molecule has 4 heteroatoms. The number of hydrogen-bond donors (Lipinski definition) is 1. The molecule has 0 aliphatic rings. The van der Waals surface area contributed by atoms with Crippen LogP contribution < -0.4 is 4.57 Å². The molecule has 1 aromatic heterocycles. The molecule has 0 fully saturated rings. The lowest BCUT2D eigenvalue weighted by Gasteiger charge is -1.92. The molecule has 1 N–H and O–H groups in total. The monoisotopic (exact) mass is 181 g/mol. The fourth-order valence-electron chi connectivity index (χ4n) is 0.858. The van der Waals surface area contributed by atoms with Crippen LogP contribution in [0, 0.1) is 0 Å². The molecular formula is C8H9N2OS+. The normalized spacial score (nSPS) is 9.00. The van der Waals surface area contributed by atoms with E-state index in [1.165, 1.54) is 0 Å². The second kappa shape index (κ2) is 4.59. The Morgan fingerprint density at radius 1 is 1.67 bits per heavy atom. The van der Waals surface area contributed by atoms with E-state index in [4.69, 9.17) is 5.11 Å². The Morgan fingerprint density at radius 2 is 2.50 bits per heavy atom. The second-order valence-electron chi connectivity index (χ2n) is 2.27. The van der Waals surface area contributed by atoms with Gasteiger partial charge in [-0.2, -0.15) is 4.57 Å². The molecule has 1 rings (SSSR count). The van der Waals surface area contributed by atoms with Gasteiger partial charge in [-0.1, -0.05) is 0 Å². The predicted molar refractivity (Wildman–Crippen MR) is 48.2 cm³/mol. The zero-order valence-corrected chi connectivity index (χ0v) is 7.29. The van der Waals surface area contributed by atoms with Crippen LogP contribution in [0.4, 0.5) is 0 Å². The second-order valence-corrected chi connectivity index (χ2v) is 2.46. The maximum atomic E-state index is 9.08. The van der Waals surface area contributed by atoms with Gasteiger partial charge in [0.2, 0.25) is 6.20 Å². The summed E-state index contributed by atoms with van der Waals surface area (Å²) in [6.07, 6.45) is 3.50. The molecule has 12 heavy (non-hydrogen) atoms. The van der Waals surface area contributed by atoms with Crippen molar-refractivity contribution >= 4 is 17.4 Å². The molecule has 1 heterocycles. The minimum Gasteiger partial charge on any atom is -0.503 e. The zero-order chi connectivity index (χ0) is 8.81. The number of rotatable bonds is 3. The van der Waals surface area contributed by atoms with Crippen LogP contribution in [-0.4, -0.2) is 16.8 Å². The number of aliphatic imine (C=N–C) groups is 1. The van der Waals surface area contributed by atoms with E-state index in [1.54, 1.807) is 18.3 Å². The lowest BCUT2D eigenvalue weighted by molar-refractivity contribution is -0.694. The molecule has 0 bridgehead atoms. The fraction of sp³-hybridized carbons (Fsp3) is 0.250. The SMILES string of the molecule is Oc1ccc[n+](CCN=C=S)c1. The molecular weight excluding hydrogens is 172 g/mol. The van der Waals surface area contributed by atoms with Crippen molar-refractivity contribution in [3.8, 4) is 5.75 Å². The fourth-order valence-corrected chi connectivity index (χ4v) is 0.950. The molecule has 0 spiro atoms. The molecule has 0 unspecified atom stereocenters. The summed E-state index contributed by atoms with van der Waals surface area (Å²) in [4.78, 5) is 3.76. The standard InChI is InChI=1S/C8H8N2OS/c11-8-2-1-4-10(6-8)5-3-9-7-12/h1-2,4,6H,3,5H2/p+1. The first-order chi connectivity index (χ1) is 5.83. The van der Waals surface area contributed by atoms with Crippen molar-refractivity contribution in [3.05, 3.63) is 24.5 Å². The smallest absolute Gasteiger partial charge is 0.211 e. The summed E-state index contributed by atoms with van der Waals surface area (Å²) in [5, 5.41) is 11.4. The average Bonchev–Trinajstić information content (AvgIpc) is 2.05. The molecule has 0 saturated carbocycles. The third kappa shape index (κ3) is 2.78. The van der Waals surface area contributed by atoms with Crippen LogP contribution >= 0.6 is 12.2 Å². The van der Waals surface area contributed by atoms with E-state index in [-0.39, 0.29) is 5.75 Å². The molecule has 62 valence electrons. The van der Waals surface area contributed by atoms with Gasteiger partial charge < -0.3 is 5.11 Å². The van der Waals surface area contributed by atoms with E-state index in [2.05, 4.69) is 22.4 Å². The minimum atomic E-state index is 0.254. The number of aromatic nitrogens is 1. The molecule has 0 aromatic carbocycles. The van der Waals surface area contributed by atoms with Gasteiger partial charge >= 0.3 is 0 Å². The van der Waals surface area contributed by atoms with Crippen molar-refractivity contribution < 1.29 is 9.67 Å². The highest BCUT2D eigenvalue weighted by Gasteiger charge is 1.98. The van der Waals surface area contributed by atoms with E-state index in [9.17, 15) is 0 Å². The molecule has 3 nitrogen and oxygen atoms in total. The highest BCUT2D eigenvalue weighted by molar-refractivity contribution is 7.78. The molecule has 0 saturated heterocycles.